The lowest BCUT2D eigenvalue weighted by Gasteiger charge is -2.01. The zero-order valence-electron chi connectivity index (χ0n) is 24.6. The van der Waals surface area contributed by atoms with Crippen molar-refractivity contribution in [2.24, 2.45) is 0 Å². The van der Waals surface area contributed by atoms with Crippen LogP contribution in [0.3, 0.4) is 0 Å². The largest absolute Gasteiger partial charge is 0.149 e. The fraction of sp³-hybridized carbons (Fsp3) is 0.455. The summed E-state index contributed by atoms with van der Waals surface area (Å²) in [6, 6.07) is 25.7. The predicted octanol–water partition coefficient (Wildman–Crippen LogP) is 12.8. The van der Waals surface area contributed by atoms with Crippen molar-refractivity contribution in [3.8, 4) is 0 Å². The van der Waals surface area contributed by atoms with Crippen molar-refractivity contribution in [3.63, 3.8) is 0 Å². The molecule has 2 aromatic heterocycles. The van der Waals surface area contributed by atoms with Crippen molar-refractivity contribution in [1.82, 2.24) is 0 Å². The summed E-state index contributed by atoms with van der Waals surface area (Å²) in [5, 5.41) is 3.50. The van der Waals surface area contributed by atoms with Gasteiger partial charge in [0.25, 0.3) is 0 Å². The van der Waals surface area contributed by atoms with Crippen LogP contribution in [0.15, 0.2) is 78.2 Å². The van der Waals surface area contributed by atoms with E-state index in [-0.39, 0.29) is 0 Å². The molecule has 35 heavy (non-hydrogen) atoms. The third-order valence-corrected chi connectivity index (χ3v) is 7.18. The molecule has 2 heteroatoms. The number of rotatable bonds is 3. The van der Waals surface area contributed by atoms with Gasteiger partial charge in [0, 0.05) is 14.5 Å². The fourth-order valence-electron chi connectivity index (χ4n) is 2.74. The molecular weight excluding hydrogens is 460 g/mol. The van der Waals surface area contributed by atoms with Gasteiger partial charge in [-0.3, -0.25) is 0 Å². The van der Waals surface area contributed by atoms with Crippen LogP contribution >= 0.6 is 22.7 Å². The number of benzene rings is 2. The lowest BCUT2D eigenvalue weighted by atomic mass is 10.0. The Morgan fingerprint density at radius 3 is 1.40 bits per heavy atom. The van der Waals surface area contributed by atoms with E-state index in [0.29, 0.717) is 17.8 Å². The van der Waals surface area contributed by atoms with Gasteiger partial charge in [-0.25, -0.2) is 0 Å². The van der Waals surface area contributed by atoms with Gasteiger partial charge in [0.15, 0.2) is 0 Å². The molecule has 4 aromatic rings. The maximum atomic E-state index is 2.30. The minimum absolute atomic E-state index is 0.655. The molecule has 0 radical (unpaired) electrons. The van der Waals surface area contributed by atoms with Gasteiger partial charge in [0.05, 0.1) is 0 Å². The second-order valence-corrected chi connectivity index (χ2v) is 10.2. The summed E-state index contributed by atoms with van der Waals surface area (Å²) in [5.41, 5.74) is 1.41. The van der Waals surface area contributed by atoms with E-state index in [9.17, 15) is 0 Å². The molecule has 0 aliphatic heterocycles. The first kappa shape index (κ1) is 35.3. The average Bonchev–Trinajstić information content (AvgIpc) is 3.60. The van der Waals surface area contributed by atoms with Crippen LogP contribution in [-0.4, -0.2) is 0 Å². The third kappa shape index (κ3) is 15.0. The summed E-state index contributed by atoms with van der Waals surface area (Å²) in [6.45, 7) is 25.3. The number of fused-ring (bicyclic) bond motifs is 1. The van der Waals surface area contributed by atoms with E-state index in [1.807, 2.05) is 70.3 Å². The molecular formula is C33H52S2. The Morgan fingerprint density at radius 2 is 1.03 bits per heavy atom. The summed E-state index contributed by atoms with van der Waals surface area (Å²) >= 11 is 3.74. The highest BCUT2D eigenvalue weighted by Crippen LogP contribution is 2.30. The quantitative estimate of drug-likeness (QED) is 0.256. The Kier molecular flexibility index (Phi) is 22.7. The van der Waals surface area contributed by atoms with E-state index in [1.54, 1.807) is 0 Å². The molecule has 0 aliphatic rings. The van der Waals surface area contributed by atoms with Crippen molar-refractivity contribution >= 4 is 32.8 Å². The van der Waals surface area contributed by atoms with E-state index in [1.165, 1.54) is 25.4 Å². The van der Waals surface area contributed by atoms with Crippen molar-refractivity contribution < 1.29 is 0 Å². The fourth-order valence-corrected chi connectivity index (χ4v) is 4.56. The van der Waals surface area contributed by atoms with Gasteiger partial charge in [-0.1, -0.05) is 138 Å². The topological polar surface area (TPSA) is 0 Å². The van der Waals surface area contributed by atoms with Gasteiger partial charge in [-0.15, -0.1) is 22.7 Å². The van der Waals surface area contributed by atoms with Crippen molar-refractivity contribution in [2.45, 2.75) is 101 Å². The first-order chi connectivity index (χ1) is 16.9. The highest BCUT2D eigenvalue weighted by molar-refractivity contribution is 7.19. The summed E-state index contributed by atoms with van der Waals surface area (Å²) in [6.07, 6.45) is 0. The normalized spacial score (nSPS) is 9.34. The maximum absolute atomic E-state index is 2.30. The summed E-state index contributed by atoms with van der Waals surface area (Å²) < 4.78 is 1.40. The molecule has 0 saturated heterocycles. The Labute approximate surface area is 226 Å². The molecule has 0 amide bonds. The second-order valence-electron chi connectivity index (χ2n) is 8.08. The Balaban J connectivity index is 0. The van der Waals surface area contributed by atoms with Crippen LogP contribution in [0.2, 0.25) is 0 Å². The van der Waals surface area contributed by atoms with Gasteiger partial charge in [0.2, 0.25) is 0 Å². The first-order valence-electron chi connectivity index (χ1n) is 13.4. The number of hydrogen-bond acceptors (Lipinski definition) is 2. The second kappa shape index (κ2) is 22.6. The lowest BCUT2D eigenvalue weighted by molar-refractivity contribution is 0.867. The smallest absolute Gasteiger partial charge is 0.0345 e. The van der Waals surface area contributed by atoms with Gasteiger partial charge in [-0.2, -0.15) is 0 Å². The molecule has 0 aliphatic carbocycles. The molecule has 0 bridgehead atoms. The molecule has 0 nitrogen and oxygen atoms in total. The molecule has 196 valence electrons. The highest BCUT2D eigenvalue weighted by Gasteiger charge is 2.03. The predicted molar refractivity (Wildman–Crippen MR) is 169 cm³/mol. The van der Waals surface area contributed by atoms with E-state index >= 15 is 0 Å². The summed E-state index contributed by atoms with van der Waals surface area (Å²) in [5.74, 6) is 2.02. The molecule has 0 spiro atoms. The minimum Gasteiger partial charge on any atom is -0.149 e. The van der Waals surface area contributed by atoms with Crippen LogP contribution < -0.4 is 0 Å². The molecule has 2 heterocycles. The van der Waals surface area contributed by atoms with E-state index in [2.05, 4.69) is 114 Å². The van der Waals surface area contributed by atoms with Gasteiger partial charge < -0.3 is 0 Å². The molecule has 0 atom stereocenters. The van der Waals surface area contributed by atoms with Crippen molar-refractivity contribution in [1.29, 1.82) is 0 Å². The monoisotopic (exact) mass is 512 g/mol. The Bertz CT molecular complexity index is 897. The van der Waals surface area contributed by atoms with Gasteiger partial charge in [0.1, 0.15) is 0 Å². The SMILES string of the molecule is CC.CC.CC.CC(C)c1cc2ccccc2s1.CC(C)c1ccccc1.CC(C)c1cccs1. The zero-order chi connectivity index (χ0) is 27.2. The van der Waals surface area contributed by atoms with Crippen molar-refractivity contribution in [3.05, 3.63) is 93.5 Å². The van der Waals surface area contributed by atoms with E-state index < -0.39 is 0 Å². The Morgan fingerprint density at radius 1 is 0.514 bits per heavy atom. The Hall–Kier alpha value is -1.90. The van der Waals surface area contributed by atoms with Gasteiger partial charge in [-0.05, 0) is 52.3 Å². The van der Waals surface area contributed by atoms with Crippen LogP contribution in [0.25, 0.3) is 10.1 Å². The first-order valence-corrected chi connectivity index (χ1v) is 15.1. The minimum atomic E-state index is 0.655. The summed E-state index contributed by atoms with van der Waals surface area (Å²) in [7, 11) is 0. The third-order valence-electron chi connectivity index (χ3n) is 4.59. The van der Waals surface area contributed by atoms with E-state index in [0.717, 1.165) is 0 Å². The van der Waals surface area contributed by atoms with E-state index in [4.69, 9.17) is 0 Å². The van der Waals surface area contributed by atoms with Crippen LogP contribution in [0, 0.1) is 0 Å². The van der Waals surface area contributed by atoms with Crippen molar-refractivity contribution in [2.75, 3.05) is 0 Å². The summed E-state index contributed by atoms with van der Waals surface area (Å²) in [4.78, 5) is 2.96. The molecule has 2 aromatic carbocycles. The molecule has 4 rings (SSSR count). The van der Waals surface area contributed by atoms with Gasteiger partial charge >= 0.3 is 0 Å². The highest BCUT2D eigenvalue weighted by atomic mass is 32.1. The molecule has 0 unspecified atom stereocenters. The standard InChI is InChI=1S/C11H12S.C9H12.C7H10S.3C2H6/c1-8(2)11-7-9-5-3-4-6-10(9)12-11;1-8(2)9-6-4-3-5-7-9;1-6(2)7-4-3-5-8-7;3*1-2/h3-8H,1-2H3;3-8H,1-2H3;3-6H,1-2H3;3*1-2H3. The lowest BCUT2D eigenvalue weighted by Crippen LogP contribution is -1.83. The number of hydrogen-bond donors (Lipinski definition) is 0. The zero-order valence-corrected chi connectivity index (χ0v) is 26.2. The number of thiophene rings is 2. The average molecular weight is 513 g/mol. The maximum Gasteiger partial charge on any atom is 0.0345 e. The van der Waals surface area contributed by atoms with Crippen LogP contribution in [0.5, 0.6) is 0 Å². The molecule has 0 N–H and O–H groups in total. The molecule has 0 saturated carbocycles. The molecule has 0 fully saturated rings. The van der Waals surface area contributed by atoms with Crippen LogP contribution in [0.4, 0.5) is 0 Å². The van der Waals surface area contributed by atoms with Crippen LogP contribution in [-0.2, 0) is 0 Å². The van der Waals surface area contributed by atoms with Crippen LogP contribution in [0.1, 0.15) is 116 Å².